The Morgan fingerprint density at radius 3 is 2.48 bits per heavy atom. The second-order valence-electron chi connectivity index (χ2n) is 12.3. The predicted molar refractivity (Wildman–Crippen MR) is 187 cm³/mol. The summed E-state index contributed by atoms with van der Waals surface area (Å²) in [5, 5.41) is 49.2. The molecule has 3 atom stereocenters. The molecular weight excluding hydrogens is 640 g/mol. The van der Waals surface area contributed by atoms with Gasteiger partial charge in [0.25, 0.3) is 5.91 Å². The number of nitrogens with zero attached hydrogens (tertiary/aromatic N) is 1. The van der Waals surface area contributed by atoms with Crippen LogP contribution in [0, 0.1) is 0 Å². The molecule has 1 amide bonds. The van der Waals surface area contributed by atoms with Gasteiger partial charge in [0.15, 0.2) is 6.61 Å². The molecule has 2 heterocycles. The summed E-state index contributed by atoms with van der Waals surface area (Å²) in [4.78, 5) is 41.1. The molecule has 0 radical (unpaired) electrons. The number of hydrogen-bond donors (Lipinski definition) is 7. The number of H-pyrrole nitrogens is 1. The minimum absolute atomic E-state index is 0.0490. The maximum atomic E-state index is 13.0. The third-order valence-electron chi connectivity index (χ3n) is 8.91. The van der Waals surface area contributed by atoms with E-state index >= 15 is 0 Å². The molecule has 0 saturated carbocycles. The number of carboxylic acid groups (broad SMARTS) is 1. The van der Waals surface area contributed by atoms with Crippen molar-refractivity contribution in [2.24, 2.45) is 0 Å². The Hall–Kier alpha value is -5.69. The van der Waals surface area contributed by atoms with Crippen molar-refractivity contribution in [3.63, 3.8) is 0 Å². The largest absolute Gasteiger partial charge is 0.506 e. The van der Waals surface area contributed by atoms with Gasteiger partial charge in [-0.3, -0.25) is 9.59 Å². The first-order chi connectivity index (χ1) is 24.1. The second kappa shape index (κ2) is 14.8. The van der Waals surface area contributed by atoms with Crippen LogP contribution in [-0.4, -0.2) is 74.5 Å². The van der Waals surface area contributed by atoms with Crippen molar-refractivity contribution in [1.82, 2.24) is 15.2 Å². The normalized spacial score (nSPS) is 16.1. The first-order valence-electron chi connectivity index (χ1n) is 16.2. The number of pyridine rings is 1. The van der Waals surface area contributed by atoms with Crippen molar-refractivity contribution in [2.45, 2.75) is 30.7 Å². The number of benzene rings is 4. The lowest BCUT2D eigenvalue weighted by Crippen LogP contribution is -2.37. The van der Waals surface area contributed by atoms with E-state index in [1.165, 1.54) is 36.4 Å². The van der Waals surface area contributed by atoms with Crippen LogP contribution in [-0.2, 0) is 21.7 Å². The molecule has 12 nitrogen and oxygen atoms in total. The highest BCUT2D eigenvalue weighted by Gasteiger charge is 2.40. The standard InChI is InChI=1S/C38H38N4O8/c43-32-15-13-30(31-14-16-34(45)41-36(31)32)33(44)21-39-20-24-9-11-27(12-10-24)40-28-17-18-42(22-28)35(46)23-50-29-8-4-7-26(19-29)38(49,37(47)48)25-5-2-1-3-6-25/h1-16,19,28,33,39-40,43-44,49H,17-18,20-23H2,(H,41,45)(H,47,48)/t28-,33+,38+/m1/s1. The molecule has 1 aliphatic rings. The number of aromatic amines is 1. The number of likely N-dealkylation sites (tertiary alicyclic amines) is 1. The summed E-state index contributed by atoms with van der Waals surface area (Å²) in [7, 11) is 0. The molecule has 7 N–H and O–H groups in total. The first-order valence-corrected chi connectivity index (χ1v) is 16.2. The van der Waals surface area contributed by atoms with Gasteiger partial charge in [-0.1, -0.05) is 60.7 Å². The van der Waals surface area contributed by atoms with E-state index in [4.69, 9.17) is 4.74 Å². The number of aromatic hydroxyl groups is 1. The number of rotatable bonds is 13. The van der Waals surface area contributed by atoms with E-state index in [1.807, 2.05) is 24.3 Å². The number of aliphatic hydroxyl groups excluding tert-OH is 1. The quantitative estimate of drug-likeness (QED) is 0.0973. The van der Waals surface area contributed by atoms with Gasteiger partial charge < -0.3 is 45.7 Å². The van der Waals surface area contributed by atoms with E-state index in [-0.39, 0.29) is 53.3 Å². The molecule has 1 fully saturated rings. The van der Waals surface area contributed by atoms with Gasteiger partial charge in [0, 0.05) is 54.9 Å². The van der Waals surface area contributed by atoms with Crippen LogP contribution in [0.4, 0.5) is 5.69 Å². The predicted octanol–water partition coefficient (Wildman–Crippen LogP) is 3.47. The Bertz CT molecular complexity index is 2040. The number of anilines is 1. The van der Waals surface area contributed by atoms with Gasteiger partial charge in [0.1, 0.15) is 11.5 Å². The number of aliphatic hydroxyl groups is 2. The Morgan fingerprint density at radius 1 is 0.960 bits per heavy atom. The van der Waals surface area contributed by atoms with Gasteiger partial charge in [-0.2, -0.15) is 0 Å². The zero-order chi connectivity index (χ0) is 35.3. The fraction of sp³-hybridized carbons (Fsp3) is 0.237. The van der Waals surface area contributed by atoms with Gasteiger partial charge in [-0.05, 0) is 59.5 Å². The fourth-order valence-electron chi connectivity index (χ4n) is 6.21. The van der Waals surface area contributed by atoms with Crippen molar-refractivity contribution in [3.05, 3.63) is 136 Å². The van der Waals surface area contributed by atoms with Crippen LogP contribution < -0.4 is 20.9 Å². The monoisotopic (exact) mass is 678 g/mol. The van der Waals surface area contributed by atoms with Crippen molar-refractivity contribution < 1.29 is 34.8 Å². The van der Waals surface area contributed by atoms with Crippen LogP contribution in [0.1, 0.15) is 34.8 Å². The van der Waals surface area contributed by atoms with Crippen LogP contribution >= 0.6 is 0 Å². The molecule has 1 saturated heterocycles. The Labute approximate surface area is 287 Å². The molecule has 1 aromatic heterocycles. The van der Waals surface area contributed by atoms with Gasteiger partial charge in [-0.15, -0.1) is 0 Å². The molecular formula is C38H38N4O8. The number of aliphatic carboxylic acids is 1. The Balaban J connectivity index is 0.968. The molecule has 4 aromatic carbocycles. The zero-order valence-corrected chi connectivity index (χ0v) is 27.1. The van der Waals surface area contributed by atoms with E-state index in [0.717, 1.165) is 17.7 Å². The number of fused-ring (bicyclic) bond motifs is 1. The minimum Gasteiger partial charge on any atom is -0.506 e. The number of ether oxygens (including phenoxy) is 1. The topological polar surface area (TPSA) is 184 Å². The molecule has 5 aromatic rings. The Morgan fingerprint density at radius 2 is 1.72 bits per heavy atom. The molecule has 0 bridgehead atoms. The second-order valence-corrected chi connectivity index (χ2v) is 12.3. The number of nitrogens with one attached hydrogen (secondary N) is 3. The number of phenols is 1. The summed E-state index contributed by atoms with van der Waals surface area (Å²) in [6, 6.07) is 28.2. The number of amides is 1. The molecule has 6 rings (SSSR count). The first kappa shape index (κ1) is 34.2. The highest BCUT2D eigenvalue weighted by Crippen LogP contribution is 2.32. The van der Waals surface area contributed by atoms with Crippen LogP contribution in [0.15, 0.2) is 108 Å². The summed E-state index contributed by atoms with van der Waals surface area (Å²) in [6.07, 6.45) is -0.101. The number of aromatic nitrogens is 1. The van der Waals surface area contributed by atoms with Gasteiger partial charge in [0.2, 0.25) is 11.2 Å². The number of phenolic OH excluding ortho intramolecular Hbond substituents is 1. The SMILES string of the molecule is O=C(COc1cccc([C@](O)(C(=O)O)c2ccccc2)c1)N1CC[C@@H](Nc2ccc(CNC[C@H](O)c3ccc(O)c4[nH]c(=O)ccc34)cc2)C1. The van der Waals surface area contributed by atoms with Crippen molar-refractivity contribution in [3.8, 4) is 11.5 Å². The lowest BCUT2D eigenvalue weighted by molar-refractivity contribution is -0.155. The van der Waals surface area contributed by atoms with Gasteiger partial charge >= 0.3 is 5.97 Å². The van der Waals surface area contributed by atoms with E-state index in [1.54, 1.807) is 47.4 Å². The molecule has 258 valence electrons. The lowest BCUT2D eigenvalue weighted by Gasteiger charge is -2.25. The van der Waals surface area contributed by atoms with Crippen LogP contribution in [0.2, 0.25) is 0 Å². The van der Waals surface area contributed by atoms with E-state index < -0.39 is 17.7 Å². The summed E-state index contributed by atoms with van der Waals surface area (Å²) >= 11 is 0. The number of carbonyl (C=O) groups is 2. The van der Waals surface area contributed by atoms with Gasteiger partial charge in [-0.25, -0.2) is 4.79 Å². The molecule has 50 heavy (non-hydrogen) atoms. The van der Waals surface area contributed by atoms with Crippen molar-refractivity contribution in [1.29, 1.82) is 0 Å². The third-order valence-corrected chi connectivity index (χ3v) is 8.91. The number of carboxylic acids is 1. The van der Waals surface area contributed by atoms with E-state index in [9.17, 15) is 34.8 Å². The summed E-state index contributed by atoms with van der Waals surface area (Å²) in [5.41, 5.74) is 0.529. The lowest BCUT2D eigenvalue weighted by atomic mass is 9.86. The number of carbonyl (C=O) groups excluding carboxylic acids is 1. The maximum absolute atomic E-state index is 13.0. The Kier molecular flexibility index (Phi) is 10.1. The smallest absolute Gasteiger partial charge is 0.345 e. The van der Waals surface area contributed by atoms with Crippen LogP contribution in [0.25, 0.3) is 10.9 Å². The van der Waals surface area contributed by atoms with Gasteiger partial charge in [0.05, 0.1) is 11.6 Å². The summed E-state index contributed by atoms with van der Waals surface area (Å²) in [5.74, 6) is -1.40. The van der Waals surface area contributed by atoms with Crippen LogP contribution in [0.5, 0.6) is 11.5 Å². The van der Waals surface area contributed by atoms with Crippen molar-refractivity contribution >= 4 is 28.5 Å². The molecule has 0 unspecified atom stereocenters. The third kappa shape index (κ3) is 7.47. The van der Waals surface area contributed by atoms with E-state index in [0.29, 0.717) is 36.1 Å². The molecule has 0 spiro atoms. The highest BCUT2D eigenvalue weighted by atomic mass is 16.5. The van der Waals surface area contributed by atoms with E-state index in [2.05, 4.69) is 15.6 Å². The number of hydrogen-bond acceptors (Lipinski definition) is 9. The summed E-state index contributed by atoms with van der Waals surface area (Å²) in [6.45, 7) is 1.60. The average Bonchev–Trinajstić information content (AvgIpc) is 3.60. The minimum atomic E-state index is -2.27. The zero-order valence-electron chi connectivity index (χ0n) is 27.1. The molecule has 12 heteroatoms. The fourth-order valence-corrected chi connectivity index (χ4v) is 6.21. The van der Waals surface area contributed by atoms with Crippen molar-refractivity contribution in [2.75, 3.05) is 31.6 Å². The molecule has 0 aliphatic carbocycles. The summed E-state index contributed by atoms with van der Waals surface area (Å²) < 4.78 is 5.74. The average molecular weight is 679 g/mol. The maximum Gasteiger partial charge on any atom is 0.345 e. The van der Waals surface area contributed by atoms with Crippen LogP contribution in [0.3, 0.4) is 0 Å². The molecule has 1 aliphatic heterocycles. The highest BCUT2D eigenvalue weighted by molar-refractivity contribution is 5.87.